The molecule has 2 rings (SSSR count). The van der Waals surface area contributed by atoms with Gasteiger partial charge in [0.05, 0.1) is 5.69 Å². The van der Waals surface area contributed by atoms with Gasteiger partial charge in [0, 0.05) is 6.20 Å². The van der Waals surface area contributed by atoms with Gasteiger partial charge in [0.1, 0.15) is 20.0 Å². The third-order valence-electron chi connectivity index (χ3n) is 1.61. The number of hydrogen-bond donors (Lipinski definition) is 0. The van der Waals surface area contributed by atoms with Crippen LogP contribution in [0.25, 0.3) is 0 Å². The highest BCUT2D eigenvalue weighted by atomic mass is 32.2. The lowest BCUT2D eigenvalue weighted by Gasteiger charge is -1.96. The molecular weight excluding hydrogens is 218 g/mol. The van der Waals surface area contributed by atoms with Gasteiger partial charge in [-0.2, -0.15) is 0 Å². The molecule has 72 valence electrons. The summed E-state index contributed by atoms with van der Waals surface area (Å²) in [7, 11) is -1.24. The average Bonchev–Trinajstić information content (AvgIpc) is 2.65. The molecule has 0 spiro atoms. The van der Waals surface area contributed by atoms with E-state index in [9.17, 15) is 4.21 Å². The molecule has 0 radical (unpaired) electrons. The fourth-order valence-corrected chi connectivity index (χ4v) is 2.84. The Hall–Kier alpha value is -1.14. The van der Waals surface area contributed by atoms with Gasteiger partial charge in [-0.3, -0.25) is 0 Å². The van der Waals surface area contributed by atoms with E-state index in [1.165, 1.54) is 0 Å². The Bertz CT molecular complexity index is 455. The molecule has 14 heavy (non-hydrogen) atoms. The van der Waals surface area contributed by atoms with E-state index in [1.54, 1.807) is 25.3 Å². The number of rotatable bonds is 2. The first-order chi connectivity index (χ1) is 6.79. The summed E-state index contributed by atoms with van der Waals surface area (Å²) in [5, 5.41) is 4.35. The molecule has 0 aliphatic rings. The van der Waals surface area contributed by atoms with E-state index in [4.69, 9.17) is 0 Å². The molecule has 0 N–H and O–H groups in total. The lowest BCUT2D eigenvalue weighted by atomic mass is 10.5. The number of nitrogens with zero attached hydrogens (tertiary/aromatic N) is 3. The zero-order chi connectivity index (χ0) is 9.97. The van der Waals surface area contributed by atoms with E-state index in [-0.39, 0.29) is 0 Å². The largest absolute Gasteiger partial charge is 0.247 e. The summed E-state index contributed by atoms with van der Waals surface area (Å²) in [6.45, 7) is 1.79. The van der Waals surface area contributed by atoms with Gasteiger partial charge in [-0.05, 0) is 30.6 Å². The summed E-state index contributed by atoms with van der Waals surface area (Å²) in [6.07, 6.45) is 1.62. The van der Waals surface area contributed by atoms with Crippen LogP contribution in [-0.4, -0.2) is 18.8 Å². The van der Waals surface area contributed by atoms with Gasteiger partial charge in [-0.15, -0.1) is 5.10 Å². The van der Waals surface area contributed by atoms with Crippen molar-refractivity contribution in [2.45, 2.75) is 16.2 Å². The van der Waals surface area contributed by atoms with Gasteiger partial charge in [0.25, 0.3) is 0 Å². The van der Waals surface area contributed by atoms with Gasteiger partial charge in [-0.25, -0.2) is 9.19 Å². The van der Waals surface area contributed by atoms with Gasteiger partial charge in [-0.1, -0.05) is 10.6 Å². The molecule has 0 fully saturated rings. The summed E-state index contributed by atoms with van der Waals surface area (Å²) >= 11 is 1.15. The van der Waals surface area contributed by atoms with Crippen molar-refractivity contribution in [3.8, 4) is 0 Å². The highest BCUT2D eigenvalue weighted by Crippen LogP contribution is 2.19. The first-order valence-electron chi connectivity index (χ1n) is 3.91. The maximum atomic E-state index is 11.9. The fraction of sp³-hybridized carbons (Fsp3) is 0.125. The number of aryl methyl sites for hydroxylation is 1. The molecule has 1 atom stereocenters. The minimum absolute atomic E-state index is 0.543. The first kappa shape index (κ1) is 9.42. The van der Waals surface area contributed by atoms with Gasteiger partial charge in [0.2, 0.25) is 0 Å². The van der Waals surface area contributed by atoms with E-state index in [1.807, 2.05) is 6.07 Å². The highest BCUT2D eigenvalue weighted by Gasteiger charge is 2.14. The molecule has 0 saturated carbocycles. The molecule has 0 amide bonds. The van der Waals surface area contributed by atoms with Crippen LogP contribution in [-0.2, 0) is 10.8 Å². The van der Waals surface area contributed by atoms with Crippen molar-refractivity contribution in [1.29, 1.82) is 0 Å². The van der Waals surface area contributed by atoms with Crippen molar-refractivity contribution in [2.75, 3.05) is 0 Å². The fourth-order valence-electron chi connectivity index (χ4n) is 0.945. The third-order valence-corrected chi connectivity index (χ3v) is 4.16. The Balaban J connectivity index is 2.39. The predicted octanol–water partition coefficient (Wildman–Crippen LogP) is 1.41. The molecular formula is C8H7N3OS2. The van der Waals surface area contributed by atoms with Crippen molar-refractivity contribution in [3.05, 3.63) is 30.1 Å². The number of pyridine rings is 1. The summed E-state index contributed by atoms with van der Waals surface area (Å²) in [5.74, 6) is 0. The van der Waals surface area contributed by atoms with E-state index >= 15 is 0 Å². The van der Waals surface area contributed by atoms with Gasteiger partial charge in [0.15, 0.2) is 0 Å². The summed E-state index contributed by atoms with van der Waals surface area (Å²) in [4.78, 5) is 4.03. The maximum absolute atomic E-state index is 11.9. The standard InChI is InChI=1S/C8H7N3OS2/c1-6-8(13-11-10-6)14(12)7-4-2-3-5-9-7/h2-5H,1H3/t14-/m1/s1. The monoisotopic (exact) mass is 225 g/mol. The second-order valence-electron chi connectivity index (χ2n) is 2.58. The van der Waals surface area contributed by atoms with Crippen LogP contribution in [0.5, 0.6) is 0 Å². The minimum Gasteiger partial charge on any atom is -0.247 e. The highest BCUT2D eigenvalue weighted by molar-refractivity contribution is 7.87. The second kappa shape index (κ2) is 3.93. The lowest BCUT2D eigenvalue weighted by Crippen LogP contribution is -1.94. The quantitative estimate of drug-likeness (QED) is 0.775. The Morgan fingerprint density at radius 3 is 2.86 bits per heavy atom. The zero-order valence-electron chi connectivity index (χ0n) is 7.38. The molecule has 2 aromatic rings. The van der Waals surface area contributed by atoms with Crippen molar-refractivity contribution in [3.63, 3.8) is 0 Å². The maximum Gasteiger partial charge on any atom is 0.141 e. The molecule has 0 aliphatic carbocycles. The Kier molecular flexibility index (Phi) is 2.64. The summed E-state index contributed by atoms with van der Waals surface area (Å²) in [5.41, 5.74) is 0.707. The first-order valence-corrected chi connectivity index (χ1v) is 5.83. The van der Waals surface area contributed by atoms with Crippen molar-refractivity contribution in [1.82, 2.24) is 14.6 Å². The van der Waals surface area contributed by atoms with E-state index in [0.717, 1.165) is 11.5 Å². The molecule has 0 aliphatic heterocycles. The van der Waals surface area contributed by atoms with Crippen LogP contribution in [0.1, 0.15) is 5.69 Å². The molecule has 0 bridgehead atoms. The van der Waals surface area contributed by atoms with Crippen LogP contribution in [0.2, 0.25) is 0 Å². The van der Waals surface area contributed by atoms with Crippen molar-refractivity contribution in [2.24, 2.45) is 0 Å². The zero-order valence-corrected chi connectivity index (χ0v) is 9.01. The molecule has 0 saturated heterocycles. The SMILES string of the molecule is Cc1nnsc1[S@](=O)c1ccccn1. The normalized spacial score (nSPS) is 12.6. The molecule has 0 unspecified atom stereocenters. The van der Waals surface area contributed by atoms with Crippen LogP contribution >= 0.6 is 11.5 Å². The third kappa shape index (κ3) is 1.71. The van der Waals surface area contributed by atoms with Crippen LogP contribution in [0.15, 0.2) is 33.6 Å². The summed E-state index contributed by atoms with van der Waals surface area (Å²) in [6, 6.07) is 5.33. The Morgan fingerprint density at radius 2 is 2.29 bits per heavy atom. The number of hydrogen-bond acceptors (Lipinski definition) is 5. The van der Waals surface area contributed by atoms with E-state index in [0.29, 0.717) is 14.9 Å². The predicted molar refractivity (Wildman–Crippen MR) is 53.6 cm³/mol. The van der Waals surface area contributed by atoms with Gasteiger partial charge < -0.3 is 0 Å². The Morgan fingerprint density at radius 1 is 1.43 bits per heavy atom. The van der Waals surface area contributed by atoms with Crippen LogP contribution < -0.4 is 0 Å². The Labute approximate surface area is 87.6 Å². The van der Waals surface area contributed by atoms with Crippen molar-refractivity contribution >= 4 is 22.3 Å². The van der Waals surface area contributed by atoms with Crippen LogP contribution in [0.3, 0.4) is 0 Å². The minimum atomic E-state index is -1.24. The topological polar surface area (TPSA) is 55.7 Å². The van der Waals surface area contributed by atoms with Crippen molar-refractivity contribution < 1.29 is 4.21 Å². The molecule has 2 aromatic heterocycles. The number of aromatic nitrogens is 3. The molecule has 2 heterocycles. The van der Waals surface area contributed by atoms with Crippen LogP contribution in [0.4, 0.5) is 0 Å². The van der Waals surface area contributed by atoms with E-state index < -0.39 is 10.8 Å². The van der Waals surface area contributed by atoms with Crippen LogP contribution in [0, 0.1) is 6.92 Å². The molecule has 6 heteroatoms. The smallest absolute Gasteiger partial charge is 0.141 e. The second-order valence-corrected chi connectivity index (χ2v) is 4.96. The lowest BCUT2D eigenvalue weighted by molar-refractivity contribution is 0.681. The van der Waals surface area contributed by atoms with Gasteiger partial charge >= 0.3 is 0 Å². The molecule has 0 aromatic carbocycles. The summed E-state index contributed by atoms with van der Waals surface area (Å²) < 4.78 is 16.3. The van der Waals surface area contributed by atoms with E-state index in [2.05, 4.69) is 14.6 Å². The average molecular weight is 225 g/mol. The molecule has 4 nitrogen and oxygen atoms in total.